The summed E-state index contributed by atoms with van der Waals surface area (Å²) in [6.45, 7) is 0. The first-order valence-electron chi connectivity index (χ1n) is 4.80. The first kappa shape index (κ1) is 10.8. The van der Waals surface area contributed by atoms with E-state index in [2.05, 4.69) is 0 Å². The molecule has 0 aliphatic rings. The van der Waals surface area contributed by atoms with Gasteiger partial charge in [-0.15, -0.1) is 0 Å². The van der Waals surface area contributed by atoms with Gasteiger partial charge in [0.25, 0.3) is 0 Å². The number of rotatable bonds is 3. The van der Waals surface area contributed by atoms with Crippen LogP contribution in [0, 0.1) is 0 Å². The fourth-order valence-corrected chi connectivity index (χ4v) is 2.17. The molecule has 2 nitrogen and oxygen atoms in total. The van der Waals surface area contributed by atoms with Gasteiger partial charge in [-0.05, 0) is 30.3 Å². The van der Waals surface area contributed by atoms with Crippen molar-refractivity contribution in [3.63, 3.8) is 0 Å². The molecule has 0 fully saturated rings. The van der Waals surface area contributed by atoms with Gasteiger partial charge in [-0.2, -0.15) is 0 Å². The highest BCUT2D eigenvalue weighted by atomic mass is 32.2. The van der Waals surface area contributed by atoms with Crippen molar-refractivity contribution in [1.82, 2.24) is 0 Å². The second-order valence-electron chi connectivity index (χ2n) is 3.29. The van der Waals surface area contributed by atoms with Crippen LogP contribution in [0.3, 0.4) is 0 Å². The van der Waals surface area contributed by atoms with Crippen molar-refractivity contribution in [3.8, 4) is 5.75 Å². The van der Waals surface area contributed by atoms with Crippen LogP contribution in [-0.2, 0) is 0 Å². The number of carbonyl (C=O) groups is 1. The van der Waals surface area contributed by atoms with Gasteiger partial charge >= 0.3 is 0 Å². The Morgan fingerprint density at radius 2 is 1.75 bits per heavy atom. The molecule has 0 bridgehead atoms. The summed E-state index contributed by atoms with van der Waals surface area (Å²) < 4.78 is 0. The van der Waals surface area contributed by atoms with Crippen LogP contribution in [0.1, 0.15) is 10.4 Å². The van der Waals surface area contributed by atoms with Crippen LogP contribution in [0.4, 0.5) is 0 Å². The Morgan fingerprint density at radius 1 is 1.00 bits per heavy atom. The SMILES string of the molecule is O=Cc1ccc(Sc2cccc(O)c2)cc1. The second-order valence-corrected chi connectivity index (χ2v) is 4.43. The van der Waals surface area contributed by atoms with E-state index >= 15 is 0 Å². The summed E-state index contributed by atoms with van der Waals surface area (Å²) in [7, 11) is 0. The molecule has 2 aromatic carbocycles. The molecule has 80 valence electrons. The van der Waals surface area contributed by atoms with E-state index in [9.17, 15) is 9.90 Å². The molecule has 0 unspecified atom stereocenters. The van der Waals surface area contributed by atoms with Crippen LogP contribution in [0.2, 0.25) is 0 Å². The number of aldehydes is 1. The van der Waals surface area contributed by atoms with Crippen LogP contribution in [0.5, 0.6) is 5.75 Å². The predicted molar refractivity (Wildman–Crippen MR) is 64.1 cm³/mol. The van der Waals surface area contributed by atoms with Crippen molar-refractivity contribution >= 4 is 18.0 Å². The van der Waals surface area contributed by atoms with Gasteiger partial charge in [-0.1, -0.05) is 30.0 Å². The number of phenolic OH excluding ortho intramolecular Hbond substituents is 1. The molecule has 0 radical (unpaired) electrons. The Morgan fingerprint density at radius 3 is 2.38 bits per heavy atom. The molecule has 0 aliphatic carbocycles. The van der Waals surface area contributed by atoms with E-state index < -0.39 is 0 Å². The Balaban J connectivity index is 2.17. The molecule has 0 heterocycles. The summed E-state index contributed by atoms with van der Waals surface area (Å²) in [5, 5.41) is 9.31. The molecule has 2 aromatic rings. The van der Waals surface area contributed by atoms with E-state index in [1.807, 2.05) is 18.2 Å². The molecule has 1 N–H and O–H groups in total. The fraction of sp³-hybridized carbons (Fsp3) is 0. The fourth-order valence-electron chi connectivity index (χ4n) is 1.30. The normalized spacial score (nSPS) is 10.0. The van der Waals surface area contributed by atoms with E-state index in [4.69, 9.17) is 0 Å². The number of carbonyl (C=O) groups excluding carboxylic acids is 1. The summed E-state index contributed by atoms with van der Waals surface area (Å²) in [5.74, 6) is 0.259. The van der Waals surface area contributed by atoms with Gasteiger partial charge in [0.2, 0.25) is 0 Å². The molecule has 16 heavy (non-hydrogen) atoms. The number of hydrogen-bond donors (Lipinski definition) is 1. The quantitative estimate of drug-likeness (QED) is 0.821. The third kappa shape index (κ3) is 2.64. The van der Waals surface area contributed by atoms with Crippen LogP contribution in [-0.4, -0.2) is 11.4 Å². The Kier molecular flexibility index (Phi) is 3.27. The molecule has 0 aromatic heterocycles. The van der Waals surface area contributed by atoms with Gasteiger partial charge in [0, 0.05) is 15.4 Å². The van der Waals surface area contributed by atoms with E-state index in [0.717, 1.165) is 16.1 Å². The zero-order valence-electron chi connectivity index (χ0n) is 8.46. The van der Waals surface area contributed by atoms with Crippen molar-refractivity contribution in [2.24, 2.45) is 0 Å². The van der Waals surface area contributed by atoms with E-state index in [-0.39, 0.29) is 5.75 Å². The highest BCUT2D eigenvalue weighted by Crippen LogP contribution is 2.29. The van der Waals surface area contributed by atoms with E-state index in [1.54, 1.807) is 42.1 Å². The Bertz CT molecular complexity index is 492. The minimum atomic E-state index is 0.259. The minimum absolute atomic E-state index is 0.259. The van der Waals surface area contributed by atoms with Crippen LogP contribution >= 0.6 is 11.8 Å². The summed E-state index contributed by atoms with van der Waals surface area (Å²) in [4.78, 5) is 12.5. The van der Waals surface area contributed by atoms with Gasteiger partial charge in [0.05, 0.1) is 0 Å². The average molecular weight is 230 g/mol. The Labute approximate surface area is 97.9 Å². The third-order valence-corrected chi connectivity index (χ3v) is 3.07. The van der Waals surface area contributed by atoms with Crippen LogP contribution in [0.15, 0.2) is 58.3 Å². The van der Waals surface area contributed by atoms with E-state index in [1.165, 1.54) is 0 Å². The molecule has 3 heteroatoms. The van der Waals surface area contributed by atoms with Gasteiger partial charge < -0.3 is 5.11 Å². The lowest BCUT2D eigenvalue weighted by atomic mass is 10.2. The van der Waals surface area contributed by atoms with Crippen molar-refractivity contribution in [3.05, 3.63) is 54.1 Å². The first-order chi connectivity index (χ1) is 7.78. The van der Waals surface area contributed by atoms with Crippen molar-refractivity contribution in [1.29, 1.82) is 0 Å². The molecule has 0 saturated carbocycles. The Hall–Kier alpha value is -1.74. The summed E-state index contributed by atoms with van der Waals surface area (Å²) in [6.07, 6.45) is 0.822. The number of hydrogen-bond acceptors (Lipinski definition) is 3. The maximum Gasteiger partial charge on any atom is 0.150 e. The van der Waals surface area contributed by atoms with Crippen molar-refractivity contribution in [2.45, 2.75) is 9.79 Å². The second kappa shape index (κ2) is 4.86. The average Bonchev–Trinajstić information content (AvgIpc) is 2.30. The molecule has 2 rings (SSSR count). The summed E-state index contributed by atoms with van der Waals surface area (Å²) in [6, 6.07) is 14.4. The number of aromatic hydroxyl groups is 1. The largest absolute Gasteiger partial charge is 0.508 e. The lowest BCUT2D eigenvalue weighted by Gasteiger charge is -2.02. The highest BCUT2D eigenvalue weighted by Gasteiger charge is 1.98. The molecule has 0 spiro atoms. The van der Waals surface area contributed by atoms with Crippen molar-refractivity contribution < 1.29 is 9.90 Å². The van der Waals surface area contributed by atoms with Gasteiger partial charge in [-0.25, -0.2) is 0 Å². The molecule has 0 amide bonds. The molecular formula is C13H10O2S. The third-order valence-electron chi connectivity index (χ3n) is 2.07. The van der Waals surface area contributed by atoms with Crippen molar-refractivity contribution in [2.75, 3.05) is 0 Å². The zero-order chi connectivity index (χ0) is 11.4. The van der Waals surface area contributed by atoms with Crippen LogP contribution in [0.25, 0.3) is 0 Å². The van der Waals surface area contributed by atoms with Gasteiger partial charge in [0.1, 0.15) is 12.0 Å². The smallest absolute Gasteiger partial charge is 0.150 e. The first-order valence-corrected chi connectivity index (χ1v) is 5.62. The topological polar surface area (TPSA) is 37.3 Å². The van der Waals surface area contributed by atoms with Gasteiger partial charge in [0.15, 0.2) is 0 Å². The zero-order valence-corrected chi connectivity index (χ0v) is 9.28. The monoisotopic (exact) mass is 230 g/mol. The summed E-state index contributed by atoms with van der Waals surface area (Å²) >= 11 is 1.55. The standard InChI is InChI=1S/C13H10O2S/c14-9-10-4-6-12(7-5-10)16-13-3-1-2-11(15)8-13/h1-9,15H. The lowest BCUT2D eigenvalue weighted by Crippen LogP contribution is -1.78. The molecule has 0 atom stereocenters. The van der Waals surface area contributed by atoms with Crippen LogP contribution < -0.4 is 0 Å². The molecule has 0 saturated heterocycles. The molecule has 0 aliphatic heterocycles. The lowest BCUT2D eigenvalue weighted by molar-refractivity contribution is 0.112. The number of benzene rings is 2. The molecular weight excluding hydrogens is 220 g/mol. The number of phenols is 1. The van der Waals surface area contributed by atoms with E-state index in [0.29, 0.717) is 5.56 Å². The van der Waals surface area contributed by atoms with Gasteiger partial charge in [-0.3, -0.25) is 4.79 Å². The maximum absolute atomic E-state index is 10.5. The minimum Gasteiger partial charge on any atom is -0.508 e. The summed E-state index contributed by atoms with van der Waals surface area (Å²) in [5.41, 5.74) is 0.667. The predicted octanol–water partition coefficient (Wildman–Crippen LogP) is 3.36. The highest BCUT2D eigenvalue weighted by molar-refractivity contribution is 7.99. The maximum atomic E-state index is 10.5.